The molecular weight excluding hydrogens is 221 g/mol. The van der Waals surface area contributed by atoms with E-state index in [-0.39, 0.29) is 5.82 Å². The fourth-order valence-electron chi connectivity index (χ4n) is 1.14. The van der Waals surface area contributed by atoms with Crippen LogP contribution in [0.15, 0.2) is 30.7 Å². The first-order valence-electron chi connectivity index (χ1n) is 4.35. The Bertz CT molecular complexity index is 464. The lowest BCUT2D eigenvalue weighted by atomic mass is 10.2. The van der Waals surface area contributed by atoms with E-state index < -0.39 is 11.7 Å². The summed E-state index contributed by atoms with van der Waals surface area (Å²) in [7, 11) is 0. The molecule has 0 saturated heterocycles. The Kier molecular flexibility index (Phi) is 2.51. The van der Waals surface area contributed by atoms with Crippen LogP contribution in [0.1, 0.15) is 5.56 Å². The highest BCUT2D eigenvalue weighted by atomic mass is 19.4. The number of alkyl halides is 3. The summed E-state index contributed by atoms with van der Waals surface area (Å²) < 4.78 is 37.1. The fraction of sp³-hybridized carbons (Fsp3) is 0.111. The van der Waals surface area contributed by atoms with Gasteiger partial charge in [-0.1, -0.05) is 0 Å². The molecule has 0 aliphatic carbocycles. The Labute approximate surface area is 88.5 Å². The molecule has 0 radical (unpaired) electrons. The van der Waals surface area contributed by atoms with Gasteiger partial charge in [0.05, 0.1) is 17.4 Å². The second-order valence-corrected chi connectivity index (χ2v) is 3.04. The highest BCUT2D eigenvalue weighted by Gasteiger charge is 2.30. The van der Waals surface area contributed by atoms with Crippen LogP contribution in [-0.2, 0) is 6.18 Å². The molecule has 0 atom stereocenters. The maximum atomic E-state index is 12.4. The van der Waals surface area contributed by atoms with Gasteiger partial charge in [-0.3, -0.25) is 5.10 Å². The van der Waals surface area contributed by atoms with Crippen LogP contribution >= 0.6 is 0 Å². The maximum absolute atomic E-state index is 12.4. The van der Waals surface area contributed by atoms with Gasteiger partial charge in [-0.2, -0.15) is 18.3 Å². The van der Waals surface area contributed by atoms with Crippen LogP contribution in [0, 0.1) is 0 Å². The van der Waals surface area contributed by atoms with Gasteiger partial charge < -0.3 is 5.32 Å². The summed E-state index contributed by atoms with van der Waals surface area (Å²) in [5.74, 6) is 0.122. The van der Waals surface area contributed by atoms with Crippen LogP contribution < -0.4 is 5.32 Å². The maximum Gasteiger partial charge on any atom is 0.416 e. The van der Waals surface area contributed by atoms with Crippen LogP contribution in [0.25, 0.3) is 0 Å². The van der Waals surface area contributed by atoms with Crippen molar-refractivity contribution in [2.24, 2.45) is 0 Å². The van der Waals surface area contributed by atoms with Crippen LogP contribution in [0.3, 0.4) is 0 Å². The molecule has 7 heteroatoms. The summed E-state index contributed by atoms with van der Waals surface area (Å²) in [6.45, 7) is 0. The van der Waals surface area contributed by atoms with E-state index in [0.717, 1.165) is 18.3 Å². The molecule has 0 spiro atoms. The van der Waals surface area contributed by atoms with Gasteiger partial charge in [-0.05, 0) is 12.1 Å². The van der Waals surface area contributed by atoms with Crippen molar-refractivity contribution in [2.45, 2.75) is 6.18 Å². The second-order valence-electron chi connectivity index (χ2n) is 3.04. The lowest BCUT2D eigenvalue weighted by molar-refractivity contribution is -0.137. The highest BCUT2D eigenvalue weighted by molar-refractivity contribution is 5.54. The van der Waals surface area contributed by atoms with E-state index in [4.69, 9.17) is 0 Å². The summed E-state index contributed by atoms with van der Waals surface area (Å²) >= 11 is 0. The van der Waals surface area contributed by atoms with Crippen LogP contribution in [0.4, 0.5) is 24.7 Å². The van der Waals surface area contributed by atoms with Crippen molar-refractivity contribution < 1.29 is 13.2 Å². The van der Waals surface area contributed by atoms with Gasteiger partial charge in [0.15, 0.2) is 0 Å². The molecule has 16 heavy (non-hydrogen) atoms. The number of hydrogen-bond acceptors (Lipinski definition) is 3. The first-order valence-corrected chi connectivity index (χ1v) is 4.35. The third kappa shape index (κ3) is 2.30. The van der Waals surface area contributed by atoms with Crippen molar-refractivity contribution in [3.63, 3.8) is 0 Å². The number of pyridine rings is 1. The van der Waals surface area contributed by atoms with Crippen molar-refractivity contribution in [1.82, 2.24) is 15.2 Å². The number of hydrogen-bond donors (Lipinski definition) is 2. The minimum atomic E-state index is -4.37. The van der Waals surface area contributed by atoms with Crippen molar-refractivity contribution in [2.75, 3.05) is 5.32 Å². The molecule has 0 aliphatic heterocycles. The van der Waals surface area contributed by atoms with Gasteiger partial charge in [-0.15, -0.1) is 0 Å². The molecule has 0 saturated carbocycles. The number of nitrogens with one attached hydrogen (secondary N) is 2. The van der Waals surface area contributed by atoms with Crippen LogP contribution in [0.2, 0.25) is 0 Å². The lowest BCUT2D eigenvalue weighted by Crippen LogP contribution is -2.06. The van der Waals surface area contributed by atoms with Crippen molar-refractivity contribution in [3.05, 3.63) is 36.3 Å². The van der Waals surface area contributed by atoms with Gasteiger partial charge >= 0.3 is 6.18 Å². The van der Waals surface area contributed by atoms with Gasteiger partial charge in [0.2, 0.25) is 0 Å². The summed E-state index contributed by atoms with van der Waals surface area (Å²) in [4.78, 5) is 3.78. The predicted molar refractivity (Wildman–Crippen MR) is 51.1 cm³/mol. The van der Waals surface area contributed by atoms with Crippen molar-refractivity contribution >= 4 is 11.5 Å². The van der Waals surface area contributed by atoms with E-state index in [1.54, 1.807) is 0 Å². The van der Waals surface area contributed by atoms with Crippen LogP contribution in [-0.4, -0.2) is 15.2 Å². The number of nitrogens with zero attached hydrogens (tertiary/aromatic N) is 2. The zero-order chi connectivity index (χ0) is 11.6. The molecule has 2 rings (SSSR count). The standard InChI is InChI=1S/C9H7F3N4/c10-9(11,12)6-1-2-13-8(3-6)16-7-4-14-15-5-7/h1-5H,(H,13,16)(H,14,15). The van der Waals surface area contributed by atoms with E-state index in [0.29, 0.717) is 5.69 Å². The first kappa shape index (κ1) is 10.5. The predicted octanol–water partition coefficient (Wildman–Crippen LogP) is 2.57. The van der Waals surface area contributed by atoms with Gasteiger partial charge in [0.25, 0.3) is 0 Å². The van der Waals surface area contributed by atoms with E-state index >= 15 is 0 Å². The smallest absolute Gasteiger partial charge is 0.338 e. The van der Waals surface area contributed by atoms with E-state index in [9.17, 15) is 13.2 Å². The van der Waals surface area contributed by atoms with Crippen LogP contribution in [0.5, 0.6) is 0 Å². The Morgan fingerprint density at radius 1 is 1.31 bits per heavy atom. The van der Waals surface area contributed by atoms with Gasteiger partial charge in [-0.25, -0.2) is 4.98 Å². The molecule has 0 fully saturated rings. The SMILES string of the molecule is FC(F)(F)c1ccnc(Nc2cn[nH]c2)c1. The molecule has 0 bridgehead atoms. The number of rotatable bonds is 2. The van der Waals surface area contributed by atoms with E-state index in [2.05, 4.69) is 20.5 Å². The zero-order valence-electron chi connectivity index (χ0n) is 7.92. The molecule has 0 unspecified atom stereocenters. The number of aromatic amines is 1. The van der Waals surface area contributed by atoms with E-state index in [1.165, 1.54) is 12.4 Å². The molecule has 0 aliphatic rings. The molecule has 0 amide bonds. The zero-order valence-corrected chi connectivity index (χ0v) is 7.92. The van der Waals surface area contributed by atoms with Crippen molar-refractivity contribution in [3.8, 4) is 0 Å². The summed E-state index contributed by atoms with van der Waals surface area (Å²) in [6.07, 6.45) is -0.301. The molecular formula is C9H7F3N4. The number of aromatic nitrogens is 3. The third-order valence-corrected chi connectivity index (χ3v) is 1.86. The molecule has 2 aromatic rings. The molecule has 4 nitrogen and oxygen atoms in total. The second kappa shape index (κ2) is 3.84. The largest absolute Gasteiger partial charge is 0.416 e. The average Bonchev–Trinajstić information content (AvgIpc) is 2.70. The summed E-state index contributed by atoms with van der Waals surface area (Å²) in [6, 6.07) is 1.85. The number of anilines is 2. The fourth-order valence-corrected chi connectivity index (χ4v) is 1.14. The number of halogens is 3. The van der Waals surface area contributed by atoms with Crippen molar-refractivity contribution in [1.29, 1.82) is 0 Å². The lowest BCUT2D eigenvalue weighted by Gasteiger charge is -2.08. The normalized spacial score (nSPS) is 11.4. The third-order valence-electron chi connectivity index (χ3n) is 1.86. The minimum absolute atomic E-state index is 0.122. The minimum Gasteiger partial charge on any atom is -0.338 e. The Morgan fingerprint density at radius 2 is 2.12 bits per heavy atom. The molecule has 2 N–H and O–H groups in total. The summed E-state index contributed by atoms with van der Waals surface area (Å²) in [5.41, 5.74) is -0.194. The van der Waals surface area contributed by atoms with Gasteiger partial charge in [0, 0.05) is 12.4 Å². The average molecular weight is 228 g/mol. The van der Waals surface area contributed by atoms with E-state index in [1.807, 2.05) is 0 Å². The summed E-state index contributed by atoms with van der Waals surface area (Å²) in [5, 5.41) is 8.88. The first-order chi connectivity index (χ1) is 7.55. The Morgan fingerprint density at radius 3 is 2.75 bits per heavy atom. The van der Waals surface area contributed by atoms with Gasteiger partial charge in [0.1, 0.15) is 5.82 Å². The Balaban J connectivity index is 2.23. The number of H-pyrrole nitrogens is 1. The molecule has 0 aromatic carbocycles. The highest BCUT2D eigenvalue weighted by Crippen LogP contribution is 2.30. The Hall–Kier alpha value is -2.05. The molecule has 2 aromatic heterocycles. The quantitative estimate of drug-likeness (QED) is 0.830. The monoisotopic (exact) mass is 228 g/mol. The molecule has 84 valence electrons. The topological polar surface area (TPSA) is 53.6 Å². The molecule has 2 heterocycles.